The second-order valence-corrected chi connectivity index (χ2v) is 6.02. The fourth-order valence-corrected chi connectivity index (χ4v) is 2.83. The van der Waals surface area contributed by atoms with E-state index in [0.717, 1.165) is 25.7 Å². The largest absolute Gasteiger partial charge is 0.449 e. The van der Waals surface area contributed by atoms with Crippen LogP contribution in [0, 0.1) is 10.1 Å². The Kier molecular flexibility index (Phi) is 6.28. The summed E-state index contributed by atoms with van der Waals surface area (Å²) in [6, 6.07) is 5.63. The molecule has 7 nitrogen and oxygen atoms in total. The number of nitro benzene ring substituents is 1. The van der Waals surface area contributed by atoms with E-state index < -0.39 is 17.0 Å². The van der Waals surface area contributed by atoms with Crippen molar-refractivity contribution in [1.82, 2.24) is 5.32 Å². The van der Waals surface area contributed by atoms with Crippen molar-refractivity contribution in [3.63, 3.8) is 0 Å². The number of ether oxygens (including phenoxy) is 1. The Hall–Kier alpha value is -2.44. The van der Waals surface area contributed by atoms with Gasteiger partial charge in [0.2, 0.25) is 0 Å². The van der Waals surface area contributed by atoms with E-state index in [0.29, 0.717) is 0 Å². The Morgan fingerprint density at radius 2 is 1.83 bits per heavy atom. The minimum absolute atomic E-state index is 0.104. The number of nitro groups is 1. The molecule has 1 amide bonds. The fraction of sp³-hybridized carbons (Fsp3) is 0.529. The number of nitrogens with one attached hydrogen (secondary N) is 1. The van der Waals surface area contributed by atoms with Crippen LogP contribution in [0.5, 0.6) is 0 Å². The van der Waals surface area contributed by atoms with Gasteiger partial charge in [0.1, 0.15) is 5.56 Å². The van der Waals surface area contributed by atoms with Crippen LogP contribution >= 0.6 is 0 Å². The van der Waals surface area contributed by atoms with Crippen LogP contribution in [-0.2, 0) is 9.53 Å². The number of rotatable bonds is 5. The van der Waals surface area contributed by atoms with Crippen LogP contribution in [0.1, 0.15) is 55.8 Å². The van der Waals surface area contributed by atoms with Gasteiger partial charge in [-0.25, -0.2) is 4.79 Å². The molecule has 1 aromatic carbocycles. The number of hydrogen-bond acceptors (Lipinski definition) is 5. The molecule has 1 atom stereocenters. The first-order valence-electron chi connectivity index (χ1n) is 8.24. The van der Waals surface area contributed by atoms with Crippen molar-refractivity contribution in [2.24, 2.45) is 0 Å². The summed E-state index contributed by atoms with van der Waals surface area (Å²) < 4.78 is 5.11. The molecule has 1 N–H and O–H groups in total. The number of esters is 1. The third-order valence-electron chi connectivity index (χ3n) is 4.18. The normalized spacial score (nSPS) is 16.7. The standard InChI is InChI=1S/C17H22N2O5/c1-12(16(20)18-13-8-4-2-3-5-9-13)24-17(21)14-10-6-7-11-15(14)19(22)23/h6-7,10-13H,2-5,8-9H2,1H3,(H,18,20). The summed E-state index contributed by atoms with van der Waals surface area (Å²) in [5.74, 6) is -1.24. The van der Waals surface area contributed by atoms with Crippen LogP contribution < -0.4 is 5.32 Å². The average molecular weight is 334 g/mol. The number of benzene rings is 1. The highest BCUT2D eigenvalue weighted by atomic mass is 16.6. The molecule has 7 heteroatoms. The summed E-state index contributed by atoms with van der Waals surface area (Å²) in [7, 11) is 0. The Balaban J connectivity index is 1.95. The Morgan fingerprint density at radius 1 is 1.21 bits per heavy atom. The van der Waals surface area contributed by atoms with Crippen molar-refractivity contribution < 1.29 is 19.2 Å². The van der Waals surface area contributed by atoms with Gasteiger partial charge in [-0.15, -0.1) is 0 Å². The minimum Gasteiger partial charge on any atom is -0.449 e. The molecule has 24 heavy (non-hydrogen) atoms. The first-order chi connectivity index (χ1) is 11.5. The number of nitrogens with zero attached hydrogens (tertiary/aromatic N) is 1. The van der Waals surface area contributed by atoms with Gasteiger partial charge < -0.3 is 10.1 Å². The Bertz CT molecular complexity index is 609. The summed E-state index contributed by atoms with van der Waals surface area (Å²) in [5, 5.41) is 13.9. The average Bonchev–Trinajstić information content (AvgIpc) is 2.83. The zero-order valence-electron chi connectivity index (χ0n) is 13.7. The van der Waals surface area contributed by atoms with Gasteiger partial charge in [0.15, 0.2) is 6.10 Å². The maximum absolute atomic E-state index is 12.2. The van der Waals surface area contributed by atoms with Gasteiger partial charge >= 0.3 is 5.97 Å². The summed E-state index contributed by atoms with van der Waals surface area (Å²) in [4.78, 5) is 34.6. The molecule has 1 aromatic rings. The van der Waals surface area contributed by atoms with Gasteiger partial charge in [0.05, 0.1) is 4.92 Å². The van der Waals surface area contributed by atoms with E-state index in [1.54, 1.807) is 0 Å². The number of para-hydroxylation sites is 1. The van der Waals surface area contributed by atoms with Gasteiger partial charge in [-0.2, -0.15) is 0 Å². The molecule has 0 saturated heterocycles. The van der Waals surface area contributed by atoms with E-state index in [1.165, 1.54) is 44.0 Å². The molecule has 130 valence electrons. The predicted octanol–water partition coefficient (Wildman–Crippen LogP) is 2.98. The predicted molar refractivity (Wildman–Crippen MR) is 87.6 cm³/mol. The molecular weight excluding hydrogens is 312 g/mol. The van der Waals surface area contributed by atoms with Gasteiger partial charge in [-0.1, -0.05) is 37.8 Å². The van der Waals surface area contributed by atoms with Gasteiger partial charge in [-0.3, -0.25) is 14.9 Å². The van der Waals surface area contributed by atoms with Crippen LogP contribution in [-0.4, -0.2) is 28.9 Å². The number of hydrogen-bond donors (Lipinski definition) is 1. The van der Waals surface area contributed by atoms with Crippen LogP contribution in [0.25, 0.3) is 0 Å². The Morgan fingerprint density at radius 3 is 2.46 bits per heavy atom. The maximum atomic E-state index is 12.2. The Labute approximate surface area is 140 Å². The summed E-state index contributed by atoms with van der Waals surface area (Å²) >= 11 is 0. The summed E-state index contributed by atoms with van der Waals surface area (Å²) in [6.45, 7) is 1.47. The molecule has 1 unspecified atom stereocenters. The lowest BCUT2D eigenvalue weighted by molar-refractivity contribution is -0.385. The van der Waals surface area contributed by atoms with E-state index in [4.69, 9.17) is 4.74 Å². The fourth-order valence-electron chi connectivity index (χ4n) is 2.83. The smallest absolute Gasteiger partial charge is 0.345 e. The molecule has 1 aliphatic rings. The number of carbonyl (C=O) groups is 2. The molecule has 0 aliphatic heterocycles. The maximum Gasteiger partial charge on any atom is 0.345 e. The monoisotopic (exact) mass is 334 g/mol. The molecule has 1 aliphatic carbocycles. The molecule has 1 fully saturated rings. The van der Waals surface area contributed by atoms with Gasteiger partial charge in [0.25, 0.3) is 11.6 Å². The lowest BCUT2D eigenvalue weighted by Gasteiger charge is -2.19. The molecule has 0 heterocycles. The van der Waals surface area contributed by atoms with Crippen molar-refractivity contribution in [1.29, 1.82) is 0 Å². The minimum atomic E-state index is -0.999. The van der Waals surface area contributed by atoms with E-state index in [1.807, 2.05) is 0 Å². The summed E-state index contributed by atoms with van der Waals surface area (Å²) in [6.07, 6.45) is 5.36. The molecule has 0 bridgehead atoms. The molecule has 0 aromatic heterocycles. The first-order valence-corrected chi connectivity index (χ1v) is 8.24. The van der Waals surface area contributed by atoms with Crippen LogP contribution in [0.4, 0.5) is 5.69 Å². The molecule has 2 rings (SSSR count). The van der Waals surface area contributed by atoms with Crippen molar-refractivity contribution in [3.8, 4) is 0 Å². The second-order valence-electron chi connectivity index (χ2n) is 6.02. The van der Waals surface area contributed by atoms with E-state index in [9.17, 15) is 19.7 Å². The van der Waals surface area contributed by atoms with Crippen molar-refractivity contribution >= 4 is 17.6 Å². The zero-order valence-corrected chi connectivity index (χ0v) is 13.7. The quantitative estimate of drug-likeness (QED) is 0.386. The zero-order chi connectivity index (χ0) is 17.5. The van der Waals surface area contributed by atoms with Crippen LogP contribution in [0.2, 0.25) is 0 Å². The van der Waals surface area contributed by atoms with E-state index in [2.05, 4.69) is 5.32 Å². The highest BCUT2D eigenvalue weighted by Crippen LogP contribution is 2.20. The topological polar surface area (TPSA) is 98.5 Å². The highest BCUT2D eigenvalue weighted by molar-refractivity contribution is 5.95. The summed E-state index contributed by atoms with van der Waals surface area (Å²) in [5.41, 5.74) is -0.490. The molecule has 0 spiro atoms. The number of amides is 1. The van der Waals surface area contributed by atoms with E-state index >= 15 is 0 Å². The van der Waals surface area contributed by atoms with Crippen molar-refractivity contribution in [3.05, 3.63) is 39.9 Å². The lowest BCUT2D eigenvalue weighted by Crippen LogP contribution is -2.41. The van der Waals surface area contributed by atoms with E-state index in [-0.39, 0.29) is 23.2 Å². The molecular formula is C17H22N2O5. The third-order valence-corrected chi connectivity index (χ3v) is 4.18. The lowest BCUT2D eigenvalue weighted by atomic mass is 10.1. The highest BCUT2D eigenvalue weighted by Gasteiger charge is 2.26. The SMILES string of the molecule is CC(OC(=O)c1ccccc1[N+](=O)[O-])C(=O)NC1CCCCCC1. The van der Waals surface area contributed by atoms with Crippen molar-refractivity contribution in [2.45, 2.75) is 57.6 Å². The first kappa shape index (κ1) is 17.9. The van der Waals surface area contributed by atoms with Gasteiger partial charge in [0, 0.05) is 12.1 Å². The molecule has 1 saturated carbocycles. The third kappa shape index (κ3) is 4.78. The van der Waals surface area contributed by atoms with Crippen molar-refractivity contribution in [2.75, 3.05) is 0 Å². The van der Waals surface area contributed by atoms with Crippen LogP contribution in [0.15, 0.2) is 24.3 Å². The van der Waals surface area contributed by atoms with Gasteiger partial charge in [-0.05, 0) is 25.8 Å². The second kappa shape index (κ2) is 8.42. The number of carbonyl (C=O) groups excluding carboxylic acids is 2. The molecule has 0 radical (unpaired) electrons. The van der Waals surface area contributed by atoms with Crippen LogP contribution in [0.3, 0.4) is 0 Å².